The molecule has 3 nitrogen and oxygen atoms in total. The number of nitrogens with one attached hydrogen (secondary N) is 1. The molecule has 1 aromatic rings. The second-order valence-electron chi connectivity index (χ2n) is 5.71. The molecule has 0 heterocycles. The lowest BCUT2D eigenvalue weighted by atomic mass is 9.86. The van der Waals surface area contributed by atoms with E-state index in [9.17, 15) is 4.79 Å². The summed E-state index contributed by atoms with van der Waals surface area (Å²) in [5.41, 5.74) is 1.97. The van der Waals surface area contributed by atoms with E-state index in [0.29, 0.717) is 12.0 Å². The highest BCUT2D eigenvalue weighted by Gasteiger charge is 2.14. The molecule has 0 fully saturated rings. The number of hydrogen-bond donors (Lipinski definition) is 2. The molecule has 3 heteroatoms. The molecule has 0 saturated heterocycles. The van der Waals surface area contributed by atoms with Gasteiger partial charge in [-0.15, -0.1) is 0 Å². The molecule has 0 bridgehead atoms. The first-order chi connectivity index (χ1) is 8.34. The summed E-state index contributed by atoms with van der Waals surface area (Å²) in [6.07, 6.45) is 0.575. The van der Waals surface area contributed by atoms with Gasteiger partial charge in [0.25, 0.3) is 5.91 Å². The molecule has 1 amide bonds. The maximum atomic E-state index is 11.9. The van der Waals surface area contributed by atoms with Crippen LogP contribution in [0.4, 0.5) is 0 Å². The molecule has 0 spiro atoms. The zero-order chi connectivity index (χ0) is 13.8. The number of carbonyl (C=O) groups is 1. The second-order valence-corrected chi connectivity index (χ2v) is 5.71. The van der Waals surface area contributed by atoms with Crippen LogP contribution in [-0.2, 0) is 5.41 Å². The summed E-state index contributed by atoms with van der Waals surface area (Å²) < 4.78 is 0. The minimum atomic E-state index is -0.0867. The van der Waals surface area contributed by atoms with Gasteiger partial charge in [-0.2, -0.15) is 0 Å². The number of benzene rings is 1. The monoisotopic (exact) mass is 249 g/mol. The molecule has 1 aromatic carbocycles. The van der Waals surface area contributed by atoms with Crippen LogP contribution in [0.5, 0.6) is 0 Å². The summed E-state index contributed by atoms with van der Waals surface area (Å²) in [5, 5.41) is 11.7. The van der Waals surface area contributed by atoms with Crippen LogP contribution in [0.15, 0.2) is 24.3 Å². The first-order valence-corrected chi connectivity index (χ1v) is 6.37. The molecule has 1 atom stereocenters. The first kappa shape index (κ1) is 14.7. The molecule has 0 aromatic heterocycles. The van der Waals surface area contributed by atoms with Crippen molar-refractivity contribution >= 4 is 5.91 Å². The van der Waals surface area contributed by atoms with E-state index in [1.807, 2.05) is 31.2 Å². The lowest BCUT2D eigenvalue weighted by molar-refractivity contribution is 0.0934. The molecule has 0 saturated carbocycles. The van der Waals surface area contributed by atoms with E-state index in [0.717, 1.165) is 0 Å². The van der Waals surface area contributed by atoms with Crippen molar-refractivity contribution in [1.82, 2.24) is 5.32 Å². The quantitative estimate of drug-likeness (QED) is 0.861. The van der Waals surface area contributed by atoms with Crippen LogP contribution in [0.1, 0.15) is 50.0 Å². The summed E-state index contributed by atoms with van der Waals surface area (Å²) >= 11 is 0. The largest absolute Gasteiger partial charge is 0.396 e. The molecular weight excluding hydrogens is 226 g/mol. The Morgan fingerprint density at radius 3 is 2.28 bits per heavy atom. The van der Waals surface area contributed by atoms with Gasteiger partial charge in [0.2, 0.25) is 0 Å². The Labute approximate surface area is 109 Å². The standard InChI is InChI=1S/C15H23NO2/c1-11(9-10-17)16-14(18)12-5-7-13(8-6-12)15(2,3)4/h5-8,11,17H,9-10H2,1-4H3,(H,16,18). The minimum Gasteiger partial charge on any atom is -0.396 e. The van der Waals surface area contributed by atoms with E-state index >= 15 is 0 Å². The van der Waals surface area contributed by atoms with E-state index in [1.54, 1.807) is 0 Å². The van der Waals surface area contributed by atoms with Crippen molar-refractivity contribution in [3.8, 4) is 0 Å². The van der Waals surface area contributed by atoms with Crippen LogP contribution in [-0.4, -0.2) is 23.7 Å². The fraction of sp³-hybridized carbons (Fsp3) is 0.533. The third-order valence-corrected chi connectivity index (χ3v) is 2.95. The fourth-order valence-corrected chi connectivity index (χ4v) is 1.69. The van der Waals surface area contributed by atoms with Crippen LogP contribution in [0, 0.1) is 0 Å². The summed E-state index contributed by atoms with van der Waals surface area (Å²) in [7, 11) is 0. The highest BCUT2D eigenvalue weighted by Crippen LogP contribution is 2.22. The van der Waals surface area contributed by atoms with E-state index in [-0.39, 0.29) is 24.0 Å². The number of hydrogen-bond acceptors (Lipinski definition) is 2. The Kier molecular flexibility index (Phi) is 4.91. The topological polar surface area (TPSA) is 49.3 Å². The van der Waals surface area contributed by atoms with Gasteiger partial charge < -0.3 is 10.4 Å². The van der Waals surface area contributed by atoms with Crippen molar-refractivity contribution in [3.63, 3.8) is 0 Å². The Morgan fingerprint density at radius 2 is 1.83 bits per heavy atom. The summed E-state index contributed by atoms with van der Waals surface area (Å²) in [6.45, 7) is 8.41. The van der Waals surface area contributed by atoms with Gasteiger partial charge in [-0.05, 0) is 36.5 Å². The molecule has 100 valence electrons. The molecule has 2 N–H and O–H groups in total. The van der Waals surface area contributed by atoms with Crippen molar-refractivity contribution in [2.24, 2.45) is 0 Å². The van der Waals surface area contributed by atoms with Crippen LogP contribution in [0.2, 0.25) is 0 Å². The SMILES string of the molecule is CC(CCO)NC(=O)c1ccc(C(C)(C)C)cc1. The average molecular weight is 249 g/mol. The summed E-state index contributed by atoms with van der Waals surface area (Å²) in [4.78, 5) is 11.9. The molecule has 0 aliphatic rings. The van der Waals surface area contributed by atoms with Gasteiger partial charge in [0.05, 0.1) is 0 Å². The Hall–Kier alpha value is -1.35. The highest BCUT2D eigenvalue weighted by atomic mass is 16.3. The first-order valence-electron chi connectivity index (χ1n) is 6.37. The third-order valence-electron chi connectivity index (χ3n) is 2.95. The molecule has 0 radical (unpaired) electrons. The van der Waals surface area contributed by atoms with Gasteiger partial charge in [-0.1, -0.05) is 32.9 Å². The molecule has 1 rings (SSSR count). The molecule has 1 unspecified atom stereocenters. The molecule has 0 aliphatic heterocycles. The van der Waals surface area contributed by atoms with Crippen LogP contribution in [0.3, 0.4) is 0 Å². The number of aliphatic hydroxyl groups is 1. The Morgan fingerprint density at radius 1 is 1.28 bits per heavy atom. The van der Waals surface area contributed by atoms with Crippen molar-refractivity contribution < 1.29 is 9.90 Å². The number of carbonyl (C=O) groups excluding carboxylic acids is 1. The zero-order valence-corrected chi connectivity index (χ0v) is 11.7. The fourth-order valence-electron chi connectivity index (χ4n) is 1.69. The van der Waals surface area contributed by atoms with Crippen molar-refractivity contribution in [2.75, 3.05) is 6.61 Å². The highest BCUT2D eigenvalue weighted by molar-refractivity contribution is 5.94. The van der Waals surface area contributed by atoms with Crippen molar-refractivity contribution in [3.05, 3.63) is 35.4 Å². The summed E-state index contributed by atoms with van der Waals surface area (Å²) in [5.74, 6) is -0.0867. The smallest absolute Gasteiger partial charge is 0.251 e. The lowest BCUT2D eigenvalue weighted by Gasteiger charge is -2.19. The summed E-state index contributed by atoms with van der Waals surface area (Å²) in [6, 6.07) is 7.67. The van der Waals surface area contributed by atoms with E-state index in [2.05, 4.69) is 26.1 Å². The minimum absolute atomic E-state index is 0.00945. The van der Waals surface area contributed by atoms with E-state index < -0.39 is 0 Å². The second kappa shape index (κ2) is 6.01. The Balaban J connectivity index is 2.71. The molecule has 18 heavy (non-hydrogen) atoms. The third kappa shape index (κ3) is 4.15. The maximum Gasteiger partial charge on any atom is 0.251 e. The normalized spacial score (nSPS) is 13.2. The van der Waals surface area contributed by atoms with Crippen molar-refractivity contribution in [2.45, 2.75) is 45.6 Å². The molecular formula is C15H23NO2. The maximum absolute atomic E-state index is 11.9. The van der Waals surface area contributed by atoms with Crippen LogP contribution < -0.4 is 5.32 Å². The average Bonchev–Trinajstić information content (AvgIpc) is 2.28. The number of rotatable bonds is 4. The van der Waals surface area contributed by atoms with Crippen molar-refractivity contribution in [1.29, 1.82) is 0 Å². The van der Waals surface area contributed by atoms with E-state index in [4.69, 9.17) is 5.11 Å². The van der Waals surface area contributed by atoms with Gasteiger partial charge in [0.1, 0.15) is 0 Å². The Bertz CT molecular complexity index is 390. The predicted molar refractivity (Wildman–Crippen MR) is 73.8 cm³/mol. The number of aliphatic hydroxyl groups excluding tert-OH is 1. The lowest BCUT2D eigenvalue weighted by Crippen LogP contribution is -2.33. The van der Waals surface area contributed by atoms with E-state index in [1.165, 1.54) is 5.56 Å². The van der Waals surface area contributed by atoms with Gasteiger partial charge in [0.15, 0.2) is 0 Å². The van der Waals surface area contributed by atoms with Gasteiger partial charge in [0, 0.05) is 18.2 Å². The predicted octanol–water partition coefficient (Wildman–Crippen LogP) is 2.48. The van der Waals surface area contributed by atoms with Crippen LogP contribution >= 0.6 is 0 Å². The van der Waals surface area contributed by atoms with Gasteiger partial charge in [-0.3, -0.25) is 4.79 Å². The molecule has 0 aliphatic carbocycles. The number of amides is 1. The van der Waals surface area contributed by atoms with Gasteiger partial charge in [-0.25, -0.2) is 0 Å². The van der Waals surface area contributed by atoms with Crippen LogP contribution in [0.25, 0.3) is 0 Å². The van der Waals surface area contributed by atoms with Gasteiger partial charge >= 0.3 is 0 Å². The zero-order valence-electron chi connectivity index (χ0n) is 11.7.